The summed E-state index contributed by atoms with van der Waals surface area (Å²) < 4.78 is 4.68. The minimum Gasteiger partial charge on any atom is -0.465 e. The van der Waals surface area contributed by atoms with E-state index in [0.717, 1.165) is 10.8 Å². The molecule has 0 saturated heterocycles. The zero-order chi connectivity index (χ0) is 11.0. The number of H-pyrrole nitrogens is 1. The predicted octanol–water partition coefficient (Wildman–Crippen LogP) is -0.810. The summed E-state index contributed by atoms with van der Waals surface area (Å²) in [4.78, 5) is 11.5. The Kier molecular flexibility index (Phi) is 2.11. The predicted molar refractivity (Wildman–Crippen MR) is 60.0 cm³/mol. The average Bonchev–Trinajstić information content (AvgIpc) is 2.58. The zero-order valence-corrected chi connectivity index (χ0v) is 8.50. The SMILES string of the molecule is Bc1cc(C(=O)OC)c2[nH]nc(N)c2c1. The summed E-state index contributed by atoms with van der Waals surface area (Å²) in [6.45, 7) is 0. The van der Waals surface area contributed by atoms with E-state index in [1.807, 2.05) is 13.9 Å². The van der Waals surface area contributed by atoms with Crippen molar-refractivity contribution in [3.05, 3.63) is 17.7 Å². The Balaban J connectivity index is 2.78. The maximum absolute atomic E-state index is 11.5. The van der Waals surface area contributed by atoms with Crippen LogP contribution in [0.2, 0.25) is 0 Å². The number of methoxy groups -OCH3 is 1. The van der Waals surface area contributed by atoms with Crippen molar-refractivity contribution in [2.75, 3.05) is 12.8 Å². The number of carbonyl (C=O) groups is 1. The quantitative estimate of drug-likeness (QED) is 0.469. The molecule has 0 spiro atoms. The molecule has 0 bridgehead atoms. The van der Waals surface area contributed by atoms with E-state index in [-0.39, 0.29) is 0 Å². The van der Waals surface area contributed by atoms with Gasteiger partial charge in [0.05, 0.1) is 18.2 Å². The number of hydrogen-bond donors (Lipinski definition) is 2. The van der Waals surface area contributed by atoms with Crippen LogP contribution in [0.15, 0.2) is 12.1 Å². The van der Waals surface area contributed by atoms with Crippen molar-refractivity contribution in [1.82, 2.24) is 10.2 Å². The van der Waals surface area contributed by atoms with Gasteiger partial charge in [-0.3, -0.25) is 5.10 Å². The zero-order valence-electron chi connectivity index (χ0n) is 8.50. The summed E-state index contributed by atoms with van der Waals surface area (Å²) in [6, 6.07) is 3.62. The summed E-state index contributed by atoms with van der Waals surface area (Å²) in [6.07, 6.45) is 0. The maximum atomic E-state index is 11.5. The molecule has 0 fully saturated rings. The molecule has 76 valence electrons. The second kappa shape index (κ2) is 3.31. The van der Waals surface area contributed by atoms with Crippen molar-refractivity contribution in [3.8, 4) is 0 Å². The molecular formula is C9H10BN3O2. The normalized spacial score (nSPS) is 10.5. The number of nitrogens with two attached hydrogens (primary N) is 1. The van der Waals surface area contributed by atoms with Crippen molar-refractivity contribution >= 4 is 36.0 Å². The van der Waals surface area contributed by atoms with Crippen LogP contribution < -0.4 is 11.2 Å². The van der Waals surface area contributed by atoms with Gasteiger partial charge in [-0.1, -0.05) is 17.6 Å². The van der Waals surface area contributed by atoms with Gasteiger partial charge in [-0.25, -0.2) is 4.79 Å². The van der Waals surface area contributed by atoms with Gasteiger partial charge in [0.15, 0.2) is 5.82 Å². The van der Waals surface area contributed by atoms with Crippen LogP contribution in [0.5, 0.6) is 0 Å². The van der Waals surface area contributed by atoms with Crippen molar-refractivity contribution in [1.29, 1.82) is 0 Å². The fraction of sp³-hybridized carbons (Fsp3) is 0.111. The van der Waals surface area contributed by atoms with Crippen molar-refractivity contribution in [2.45, 2.75) is 0 Å². The van der Waals surface area contributed by atoms with E-state index >= 15 is 0 Å². The van der Waals surface area contributed by atoms with E-state index < -0.39 is 5.97 Å². The molecule has 1 heterocycles. The molecule has 1 aromatic carbocycles. The van der Waals surface area contributed by atoms with Crippen LogP contribution in [0, 0.1) is 0 Å². The van der Waals surface area contributed by atoms with Gasteiger partial charge in [-0.15, -0.1) is 0 Å². The number of aromatic amines is 1. The van der Waals surface area contributed by atoms with Gasteiger partial charge in [0.2, 0.25) is 0 Å². The lowest BCUT2D eigenvalue weighted by atomic mass is 9.92. The number of esters is 1. The first-order valence-corrected chi connectivity index (χ1v) is 4.46. The Hall–Kier alpha value is -1.98. The van der Waals surface area contributed by atoms with Crippen LogP contribution in [0.1, 0.15) is 10.4 Å². The Labute approximate surface area is 87.0 Å². The molecule has 3 N–H and O–H groups in total. The van der Waals surface area contributed by atoms with Crippen molar-refractivity contribution < 1.29 is 9.53 Å². The smallest absolute Gasteiger partial charge is 0.340 e. The van der Waals surface area contributed by atoms with Gasteiger partial charge in [-0.05, 0) is 0 Å². The number of nitrogen functional groups attached to an aromatic ring is 1. The molecule has 0 aliphatic rings. The van der Waals surface area contributed by atoms with E-state index in [0.29, 0.717) is 16.9 Å². The lowest BCUT2D eigenvalue weighted by Crippen LogP contribution is -2.09. The Bertz CT molecular complexity index is 535. The third kappa shape index (κ3) is 1.43. The Morgan fingerprint density at radius 3 is 3.00 bits per heavy atom. The summed E-state index contributed by atoms with van der Waals surface area (Å²) in [5, 5.41) is 7.33. The van der Waals surface area contributed by atoms with Crippen LogP contribution in [0.3, 0.4) is 0 Å². The number of carbonyl (C=O) groups excluding carboxylic acids is 1. The molecule has 0 atom stereocenters. The molecule has 0 saturated carbocycles. The molecule has 2 aromatic rings. The largest absolute Gasteiger partial charge is 0.465 e. The molecule has 2 rings (SSSR count). The number of fused-ring (bicyclic) bond motifs is 1. The number of hydrogen-bond acceptors (Lipinski definition) is 4. The fourth-order valence-electron chi connectivity index (χ4n) is 1.56. The van der Waals surface area contributed by atoms with Gasteiger partial charge in [0.25, 0.3) is 0 Å². The minimum absolute atomic E-state index is 0.388. The highest BCUT2D eigenvalue weighted by molar-refractivity contribution is 6.34. The summed E-state index contributed by atoms with van der Waals surface area (Å²) in [7, 11) is 3.23. The highest BCUT2D eigenvalue weighted by Gasteiger charge is 2.14. The highest BCUT2D eigenvalue weighted by atomic mass is 16.5. The fourth-order valence-corrected chi connectivity index (χ4v) is 1.56. The van der Waals surface area contributed by atoms with Crippen molar-refractivity contribution in [3.63, 3.8) is 0 Å². The van der Waals surface area contributed by atoms with Gasteiger partial charge in [0, 0.05) is 5.39 Å². The van der Waals surface area contributed by atoms with Crippen LogP contribution in [-0.2, 0) is 4.74 Å². The summed E-state index contributed by atoms with van der Waals surface area (Å²) >= 11 is 0. The number of aromatic nitrogens is 2. The monoisotopic (exact) mass is 203 g/mol. The number of rotatable bonds is 1. The molecule has 0 amide bonds. The van der Waals surface area contributed by atoms with Crippen LogP contribution in [0.4, 0.5) is 5.82 Å². The first kappa shape index (κ1) is 9.58. The van der Waals surface area contributed by atoms with E-state index in [1.165, 1.54) is 7.11 Å². The molecular weight excluding hydrogens is 193 g/mol. The third-order valence-corrected chi connectivity index (χ3v) is 2.25. The summed E-state index contributed by atoms with van der Waals surface area (Å²) in [5.41, 5.74) is 7.67. The number of benzene rings is 1. The average molecular weight is 203 g/mol. The lowest BCUT2D eigenvalue weighted by molar-refractivity contribution is 0.0603. The number of nitrogens with one attached hydrogen (secondary N) is 1. The van der Waals surface area contributed by atoms with Gasteiger partial charge in [0.1, 0.15) is 7.85 Å². The van der Waals surface area contributed by atoms with E-state index in [4.69, 9.17) is 5.73 Å². The molecule has 1 aromatic heterocycles. The topological polar surface area (TPSA) is 81.0 Å². The second-order valence-electron chi connectivity index (χ2n) is 3.34. The second-order valence-corrected chi connectivity index (χ2v) is 3.34. The van der Waals surface area contributed by atoms with Crippen molar-refractivity contribution in [2.24, 2.45) is 0 Å². The first-order chi connectivity index (χ1) is 7.13. The molecule has 5 nitrogen and oxygen atoms in total. The highest BCUT2D eigenvalue weighted by Crippen LogP contribution is 2.20. The lowest BCUT2D eigenvalue weighted by Gasteiger charge is -2.02. The van der Waals surface area contributed by atoms with Gasteiger partial charge in [-0.2, -0.15) is 5.10 Å². The van der Waals surface area contributed by atoms with Crippen LogP contribution in [-0.4, -0.2) is 31.1 Å². The van der Waals surface area contributed by atoms with Gasteiger partial charge >= 0.3 is 5.97 Å². The Morgan fingerprint density at radius 1 is 1.60 bits per heavy atom. The van der Waals surface area contributed by atoms with Crippen LogP contribution >= 0.6 is 0 Å². The number of ether oxygens (including phenoxy) is 1. The summed E-state index contributed by atoms with van der Waals surface area (Å²) in [5.74, 6) is -0.00815. The van der Waals surface area contributed by atoms with E-state index in [1.54, 1.807) is 6.07 Å². The number of nitrogens with zero attached hydrogens (tertiary/aromatic N) is 1. The molecule has 6 heteroatoms. The molecule has 0 aliphatic heterocycles. The molecule has 0 radical (unpaired) electrons. The molecule has 0 aliphatic carbocycles. The molecule has 15 heavy (non-hydrogen) atoms. The molecule has 0 unspecified atom stereocenters. The first-order valence-electron chi connectivity index (χ1n) is 4.46. The Morgan fingerprint density at radius 2 is 2.33 bits per heavy atom. The maximum Gasteiger partial charge on any atom is 0.340 e. The van der Waals surface area contributed by atoms with Gasteiger partial charge < -0.3 is 10.5 Å². The standard InChI is InChI=1S/C9H10BN3O2/c1-15-9(14)6-3-4(10)2-5-7(6)12-13-8(5)11/h2-3H,10H2,1H3,(H3,11,12,13). The number of anilines is 1. The van der Waals surface area contributed by atoms with E-state index in [2.05, 4.69) is 14.9 Å². The van der Waals surface area contributed by atoms with E-state index in [9.17, 15) is 4.79 Å². The minimum atomic E-state index is -0.396. The van der Waals surface area contributed by atoms with Crippen LogP contribution in [0.25, 0.3) is 10.9 Å². The third-order valence-electron chi connectivity index (χ3n) is 2.25.